The number of methoxy groups -OCH3 is 1. The number of benzene rings is 2. The van der Waals surface area contributed by atoms with Crippen molar-refractivity contribution < 1.29 is 9.84 Å². The lowest BCUT2D eigenvalue weighted by atomic mass is 9.99. The van der Waals surface area contributed by atoms with E-state index in [9.17, 15) is 5.11 Å². The smallest absolute Gasteiger partial charge is 0.119 e. The molecule has 0 saturated carbocycles. The third-order valence-electron chi connectivity index (χ3n) is 4.87. The molecule has 5 heteroatoms. The second-order valence-electron chi connectivity index (χ2n) is 6.49. The van der Waals surface area contributed by atoms with E-state index >= 15 is 0 Å². The Bertz CT molecular complexity index is 908. The largest absolute Gasteiger partial charge is 0.497 e. The van der Waals surface area contributed by atoms with Crippen molar-refractivity contribution in [2.45, 2.75) is 20.0 Å². The van der Waals surface area contributed by atoms with Crippen LogP contribution in [-0.2, 0) is 0 Å². The molecule has 27 heavy (non-hydrogen) atoms. The zero-order valence-corrected chi connectivity index (χ0v) is 16.7. The van der Waals surface area contributed by atoms with Crippen molar-refractivity contribution in [2.75, 3.05) is 26.7 Å². The van der Waals surface area contributed by atoms with Gasteiger partial charge in [-0.25, -0.2) is 4.98 Å². The zero-order valence-electron chi connectivity index (χ0n) is 15.9. The third-order valence-corrected chi connectivity index (χ3v) is 5.12. The van der Waals surface area contributed by atoms with Crippen molar-refractivity contribution in [1.29, 1.82) is 0 Å². The van der Waals surface area contributed by atoms with E-state index in [-0.39, 0.29) is 0 Å². The Balaban J connectivity index is 2.13. The molecule has 4 nitrogen and oxygen atoms in total. The lowest BCUT2D eigenvalue weighted by molar-refractivity contribution is 0.120. The van der Waals surface area contributed by atoms with Crippen LogP contribution in [-0.4, -0.2) is 41.7 Å². The Morgan fingerprint density at radius 2 is 1.78 bits per heavy atom. The van der Waals surface area contributed by atoms with Crippen molar-refractivity contribution in [3.63, 3.8) is 0 Å². The molecule has 3 rings (SSSR count). The Hall–Kier alpha value is -2.14. The molecule has 1 N–H and O–H groups in total. The number of fused-ring (bicyclic) bond motifs is 1. The fraction of sp³-hybridized carbons (Fsp3) is 0.318. The highest BCUT2D eigenvalue weighted by atomic mass is 35.5. The maximum atomic E-state index is 11.0. The van der Waals surface area contributed by atoms with Gasteiger partial charge in [0.25, 0.3) is 0 Å². The van der Waals surface area contributed by atoms with Gasteiger partial charge in [-0.1, -0.05) is 37.6 Å². The van der Waals surface area contributed by atoms with Crippen LogP contribution in [0.15, 0.2) is 48.5 Å². The van der Waals surface area contributed by atoms with Gasteiger partial charge in [-0.05, 0) is 55.1 Å². The first-order valence-electron chi connectivity index (χ1n) is 9.20. The van der Waals surface area contributed by atoms with Crippen LogP contribution < -0.4 is 4.74 Å². The Morgan fingerprint density at radius 1 is 1.07 bits per heavy atom. The molecule has 0 aliphatic rings. The summed E-state index contributed by atoms with van der Waals surface area (Å²) in [5, 5.41) is 12.6. The molecule has 0 amide bonds. The summed E-state index contributed by atoms with van der Waals surface area (Å²) in [5.74, 6) is 0.750. The first-order valence-corrected chi connectivity index (χ1v) is 9.58. The van der Waals surface area contributed by atoms with Gasteiger partial charge in [0.05, 0.1) is 24.4 Å². The van der Waals surface area contributed by atoms with Crippen LogP contribution in [0.5, 0.6) is 5.75 Å². The van der Waals surface area contributed by atoms with Gasteiger partial charge in [0.2, 0.25) is 0 Å². The number of rotatable bonds is 7. The molecule has 0 fully saturated rings. The molecule has 0 aliphatic heterocycles. The highest BCUT2D eigenvalue weighted by Crippen LogP contribution is 2.32. The number of aliphatic hydroxyl groups excluding tert-OH is 1. The lowest BCUT2D eigenvalue weighted by Crippen LogP contribution is -2.28. The normalized spacial score (nSPS) is 12.5. The molecule has 0 aliphatic carbocycles. The van der Waals surface area contributed by atoms with Gasteiger partial charge in [0.1, 0.15) is 5.75 Å². The second-order valence-corrected chi connectivity index (χ2v) is 6.92. The molecule has 3 aromatic rings. The lowest BCUT2D eigenvalue weighted by Gasteiger charge is -2.23. The highest BCUT2D eigenvalue weighted by molar-refractivity contribution is 6.30. The van der Waals surface area contributed by atoms with Crippen LogP contribution in [0.1, 0.15) is 25.5 Å². The Kier molecular flexibility index (Phi) is 6.32. The first-order chi connectivity index (χ1) is 13.0. The molecule has 1 aromatic heterocycles. The molecule has 142 valence electrons. The van der Waals surface area contributed by atoms with Crippen molar-refractivity contribution in [1.82, 2.24) is 9.88 Å². The average molecular weight is 385 g/mol. The number of nitrogens with zero attached hydrogens (tertiary/aromatic N) is 2. The van der Waals surface area contributed by atoms with Gasteiger partial charge in [0, 0.05) is 22.5 Å². The molecular weight excluding hydrogens is 360 g/mol. The number of pyridine rings is 1. The highest BCUT2D eigenvalue weighted by Gasteiger charge is 2.17. The van der Waals surface area contributed by atoms with Gasteiger partial charge in [0.15, 0.2) is 0 Å². The number of halogens is 1. The minimum absolute atomic E-state index is 0.573. The van der Waals surface area contributed by atoms with E-state index in [1.165, 1.54) is 0 Å². The summed E-state index contributed by atoms with van der Waals surface area (Å²) in [6.07, 6.45) is -0.617. The summed E-state index contributed by atoms with van der Waals surface area (Å²) >= 11 is 6.02. The number of aliphatic hydroxyl groups is 1. The number of hydrogen-bond acceptors (Lipinski definition) is 4. The minimum atomic E-state index is -0.617. The predicted octanol–water partition coefficient (Wildman–Crippen LogP) is 4.94. The van der Waals surface area contributed by atoms with Gasteiger partial charge in [-0.15, -0.1) is 0 Å². The standard InChI is InChI=1S/C22H25ClN2O2/c1-4-25(5-2)14-22(26)19-13-21(15-6-8-16(23)9-7-15)24-20-11-10-17(27-3)12-18(19)20/h6-13,22,26H,4-5,14H2,1-3H3. The van der Waals surface area contributed by atoms with Crippen LogP contribution in [0.3, 0.4) is 0 Å². The van der Waals surface area contributed by atoms with Gasteiger partial charge < -0.3 is 14.7 Å². The second kappa shape index (κ2) is 8.70. The fourth-order valence-electron chi connectivity index (χ4n) is 3.23. The molecule has 1 unspecified atom stereocenters. The van der Waals surface area contributed by atoms with E-state index < -0.39 is 6.10 Å². The van der Waals surface area contributed by atoms with Crippen LogP contribution in [0.25, 0.3) is 22.2 Å². The topological polar surface area (TPSA) is 45.6 Å². The molecule has 0 radical (unpaired) electrons. The SMILES string of the molecule is CCN(CC)CC(O)c1cc(-c2ccc(Cl)cc2)nc2ccc(OC)cc12. The molecule has 0 spiro atoms. The Morgan fingerprint density at radius 3 is 2.41 bits per heavy atom. The fourth-order valence-corrected chi connectivity index (χ4v) is 3.35. The van der Waals surface area contributed by atoms with E-state index in [2.05, 4.69) is 18.7 Å². The molecular formula is C22H25ClN2O2. The number of ether oxygens (including phenoxy) is 1. The van der Waals surface area contributed by atoms with Gasteiger partial charge in [-0.3, -0.25) is 0 Å². The molecule has 1 atom stereocenters. The maximum Gasteiger partial charge on any atom is 0.119 e. The van der Waals surface area contributed by atoms with Gasteiger partial charge >= 0.3 is 0 Å². The monoisotopic (exact) mass is 384 g/mol. The van der Waals surface area contributed by atoms with Crippen molar-refractivity contribution in [3.8, 4) is 17.0 Å². The number of aromatic nitrogens is 1. The van der Waals surface area contributed by atoms with Crippen molar-refractivity contribution in [3.05, 3.63) is 59.1 Å². The number of hydrogen-bond donors (Lipinski definition) is 1. The first kappa shape index (κ1) is 19.6. The summed E-state index contributed by atoms with van der Waals surface area (Å²) in [4.78, 5) is 7.00. The summed E-state index contributed by atoms with van der Waals surface area (Å²) in [5.41, 5.74) is 3.47. The van der Waals surface area contributed by atoms with Crippen LogP contribution in [0.4, 0.5) is 0 Å². The predicted molar refractivity (Wildman–Crippen MR) is 111 cm³/mol. The zero-order chi connectivity index (χ0) is 19.4. The van der Waals surface area contributed by atoms with E-state index in [1.807, 2.05) is 48.5 Å². The summed E-state index contributed by atoms with van der Waals surface area (Å²) in [7, 11) is 1.64. The van der Waals surface area contributed by atoms with Crippen molar-refractivity contribution >= 4 is 22.5 Å². The van der Waals surface area contributed by atoms with Crippen molar-refractivity contribution in [2.24, 2.45) is 0 Å². The van der Waals surface area contributed by atoms with Crippen LogP contribution in [0.2, 0.25) is 5.02 Å². The van der Waals surface area contributed by atoms with E-state index in [4.69, 9.17) is 21.3 Å². The van der Waals surface area contributed by atoms with E-state index in [0.717, 1.165) is 46.6 Å². The average Bonchev–Trinajstić information content (AvgIpc) is 2.71. The Labute approximate surface area is 165 Å². The number of likely N-dealkylation sites (N-methyl/N-ethyl adjacent to an activating group) is 1. The molecule has 0 saturated heterocycles. The summed E-state index contributed by atoms with van der Waals surface area (Å²) in [6.45, 7) is 6.56. The summed E-state index contributed by atoms with van der Waals surface area (Å²) < 4.78 is 5.37. The third kappa shape index (κ3) is 4.41. The van der Waals surface area contributed by atoms with E-state index in [0.29, 0.717) is 11.6 Å². The summed E-state index contributed by atoms with van der Waals surface area (Å²) in [6, 6.07) is 15.3. The quantitative estimate of drug-likeness (QED) is 0.626. The van der Waals surface area contributed by atoms with Crippen LogP contribution >= 0.6 is 11.6 Å². The molecule has 2 aromatic carbocycles. The minimum Gasteiger partial charge on any atom is -0.497 e. The molecule has 1 heterocycles. The van der Waals surface area contributed by atoms with Gasteiger partial charge in [-0.2, -0.15) is 0 Å². The van der Waals surface area contributed by atoms with E-state index in [1.54, 1.807) is 7.11 Å². The molecule has 0 bridgehead atoms. The maximum absolute atomic E-state index is 11.0. The van der Waals surface area contributed by atoms with Crippen LogP contribution in [0, 0.1) is 0 Å².